The van der Waals surface area contributed by atoms with E-state index in [1.165, 1.54) is 18.2 Å². The molecule has 0 fully saturated rings. The van der Waals surface area contributed by atoms with E-state index in [4.69, 9.17) is 33.0 Å². The van der Waals surface area contributed by atoms with E-state index in [0.717, 1.165) is 0 Å². The molecule has 1 heterocycles. The largest absolute Gasteiger partial charge is 0.482 e. The summed E-state index contributed by atoms with van der Waals surface area (Å²) in [4.78, 5) is 10.7. The molecule has 0 bridgehead atoms. The lowest BCUT2D eigenvalue weighted by molar-refractivity contribution is -0.139. The predicted octanol–water partition coefficient (Wildman–Crippen LogP) is 3.53. The number of hydrogen-bond donors (Lipinski definition) is 1. The van der Waals surface area contributed by atoms with E-state index in [-0.39, 0.29) is 16.5 Å². The number of aryl methyl sites for hydroxylation is 1. The summed E-state index contributed by atoms with van der Waals surface area (Å²) < 4.78 is 32.5. The van der Waals surface area contributed by atoms with Gasteiger partial charge in [0.1, 0.15) is 17.3 Å². The van der Waals surface area contributed by atoms with Crippen LogP contribution in [0.2, 0.25) is 10.0 Å². The summed E-state index contributed by atoms with van der Waals surface area (Å²) in [7, 11) is -2.07. The number of rotatable bonds is 7. The average molecular weight is 470 g/mol. The Bertz CT molecular complexity index is 1220. The van der Waals surface area contributed by atoms with Crippen LogP contribution in [-0.4, -0.2) is 40.9 Å². The fourth-order valence-corrected chi connectivity index (χ4v) is 4.43. The lowest BCUT2D eigenvalue weighted by Gasteiger charge is -2.10. The molecule has 0 radical (unpaired) electrons. The van der Waals surface area contributed by atoms with Gasteiger partial charge < -0.3 is 14.4 Å². The molecule has 0 saturated carbocycles. The third kappa shape index (κ3) is 4.75. The first-order valence-electron chi connectivity index (χ1n) is 8.60. The van der Waals surface area contributed by atoms with Crippen LogP contribution in [0.25, 0.3) is 11.4 Å². The van der Waals surface area contributed by atoms with Gasteiger partial charge in [0.15, 0.2) is 22.3 Å². The summed E-state index contributed by atoms with van der Waals surface area (Å²) in [6.45, 7) is 1.13. The number of aliphatic carboxylic acids is 1. The quantitative estimate of drug-likeness (QED) is 0.562. The van der Waals surface area contributed by atoms with E-state index in [1.54, 1.807) is 36.7 Å². The number of sulfone groups is 1. The van der Waals surface area contributed by atoms with Gasteiger partial charge in [0.05, 0.1) is 14.9 Å². The normalized spacial score (nSPS) is 11.5. The zero-order valence-electron chi connectivity index (χ0n) is 16.0. The van der Waals surface area contributed by atoms with Gasteiger partial charge in [-0.25, -0.2) is 13.2 Å². The molecule has 3 aromatic rings. The minimum atomic E-state index is -3.73. The molecule has 1 N–H and O–H groups in total. The van der Waals surface area contributed by atoms with Gasteiger partial charge in [-0.1, -0.05) is 23.2 Å². The number of halogens is 2. The first-order valence-corrected chi connectivity index (χ1v) is 11.0. The Labute approximate surface area is 182 Å². The number of ether oxygens (including phenoxy) is 1. The van der Waals surface area contributed by atoms with Crippen LogP contribution in [0.1, 0.15) is 11.4 Å². The Morgan fingerprint density at radius 3 is 2.50 bits per heavy atom. The third-order valence-corrected chi connectivity index (χ3v) is 6.67. The molecule has 0 aliphatic carbocycles. The number of hydrogen-bond acceptors (Lipinski definition) is 6. The zero-order valence-corrected chi connectivity index (χ0v) is 18.3. The van der Waals surface area contributed by atoms with Gasteiger partial charge >= 0.3 is 5.97 Å². The van der Waals surface area contributed by atoms with E-state index in [9.17, 15) is 13.2 Å². The number of carboxylic acids is 1. The molecule has 1 aromatic heterocycles. The molecule has 11 heteroatoms. The van der Waals surface area contributed by atoms with E-state index in [0.29, 0.717) is 32.7 Å². The molecule has 0 spiro atoms. The SMILES string of the molecule is Cc1cc(S(=O)(=O)Cc2nnc(-c3ccc(Cl)c(Cl)c3)n2C)ccc1OCC(=O)O. The predicted molar refractivity (Wildman–Crippen MR) is 112 cm³/mol. The number of nitrogens with zero attached hydrogens (tertiary/aromatic N) is 3. The van der Waals surface area contributed by atoms with Gasteiger partial charge in [-0.2, -0.15) is 0 Å². The fraction of sp³-hybridized carbons (Fsp3) is 0.211. The molecule has 0 amide bonds. The van der Waals surface area contributed by atoms with Crippen molar-refractivity contribution in [2.45, 2.75) is 17.6 Å². The van der Waals surface area contributed by atoms with Crippen molar-refractivity contribution in [3.8, 4) is 17.1 Å². The van der Waals surface area contributed by atoms with Gasteiger partial charge in [-0.05, 0) is 48.9 Å². The van der Waals surface area contributed by atoms with Crippen LogP contribution in [0.3, 0.4) is 0 Å². The van der Waals surface area contributed by atoms with Crippen LogP contribution in [0.4, 0.5) is 0 Å². The molecule has 3 rings (SSSR count). The summed E-state index contributed by atoms with van der Waals surface area (Å²) in [6.07, 6.45) is 0. The van der Waals surface area contributed by atoms with Crippen molar-refractivity contribution < 1.29 is 23.1 Å². The van der Waals surface area contributed by atoms with Crippen molar-refractivity contribution in [1.82, 2.24) is 14.8 Å². The molecule has 0 aliphatic rings. The maximum atomic E-state index is 12.9. The monoisotopic (exact) mass is 469 g/mol. The Morgan fingerprint density at radius 1 is 1.13 bits per heavy atom. The smallest absolute Gasteiger partial charge is 0.341 e. The van der Waals surface area contributed by atoms with Gasteiger partial charge in [0, 0.05) is 12.6 Å². The highest BCUT2D eigenvalue weighted by molar-refractivity contribution is 7.90. The van der Waals surface area contributed by atoms with Gasteiger partial charge in [0.25, 0.3) is 0 Å². The van der Waals surface area contributed by atoms with E-state index < -0.39 is 22.4 Å². The van der Waals surface area contributed by atoms with Crippen molar-refractivity contribution in [1.29, 1.82) is 0 Å². The highest BCUT2D eigenvalue weighted by Gasteiger charge is 2.22. The van der Waals surface area contributed by atoms with Crippen molar-refractivity contribution in [2.75, 3.05) is 6.61 Å². The van der Waals surface area contributed by atoms with Gasteiger partial charge in [0.2, 0.25) is 0 Å². The Kier molecular flexibility index (Phi) is 6.35. The molecule has 158 valence electrons. The fourth-order valence-electron chi connectivity index (χ4n) is 2.74. The zero-order chi connectivity index (χ0) is 22.1. The summed E-state index contributed by atoms with van der Waals surface area (Å²) in [5.41, 5.74) is 1.16. The van der Waals surface area contributed by atoms with Crippen molar-refractivity contribution in [3.63, 3.8) is 0 Å². The highest BCUT2D eigenvalue weighted by Crippen LogP contribution is 2.28. The molecule has 0 atom stereocenters. The number of aromatic nitrogens is 3. The second-order valence-corrected chi connectivity index (χ2v) is 9.30. The van der Waals surface area contributed by atoms with Crippen molar-refractivity contribution in [3.05, 3.63) is 57.8 Å². The first kappa shape index (κ1) is 22.1. The van der Waals surface area contributed by atoms with Crippen molar-refractivity contribution in [2.24, 2.45) is 7.05 Å². The van der Waals surface area contributed by atoms with Crippen LogP contribution < -0.4 is 4.74 Å². The van der Waals surface area contributed by atoms with Crippen LogP contribution in [0.5, 0.6) is 5.75 Å². The minimum absolute atomic E-state index is 0.0711. The molecule has 8 nitrogen and oxygen atoms in total. The topological polar surface area (TPSA) is 111 Å². The van der Waals surface area contributed by atoms with Crippen LogP contribution in [0, 0.1) is 6.92 Å². The molecule has 0 aliphatic heterocycles. The summed E-state index contributed by atoms with van der Waals surface area (Å²) in [5.74, 6) is -0.484. The summed E-state index contributed by atoms with van der Waals surface area (Å²) in [6, 6.07) is 9.21. The Morgan fingerprint density at radius 2 is 1.87 bits per heavy atom. The van der Waals surface area contributed by atoms with E-state index in [1.807, 2.05) is 0 Å². The summed E-state index contributed by atoms with van der Waals surface area (Å²) in [5, 5.41) is 17.5. The van der Waals surface area contributed by atoms with E-state index >= 15 is 0 Å². The third-order valence-electron chi connectivity index (χ3n) is 4.32. The lowest BCUT2D eigenvalue weighted by atomic mass is 10.2. The minimum Gasteiger partial charge on any atom is -0.482 e. The molecule has 0 unspecified atom stereocenters. The van der Waals surface area contributed by atoms with Crippen LogP contribution in [-0.2, 0) is 27.4 Å². The Hall–Kier alpha value is -2.62. The van der Waals surface area contributed by atoms with Gasteiger partial charge in [-0.15, -0.1) is 10.2 Å². The molecule has 0 saturated heterocycles. The number of benzene rings is 2. The second kappa shape index (κ2) is 8.63. The second-order valence-electron chi connectivity index (χ2n) is 6.50. The van der Waals surface area contributed by atoms with Gasteiger partial charge in [-0.3, -0.25) is 0 Å². The molecule has 30 heavy (non-hydrogen) atoms. The Balaban J connectivity index is 1.85. The van der Waals surface area contributed by atoms with Crippen LogP contribution >= 0.6 is 23.2 Å². The standard InChI is InChI=1S/C19H17Cl2N3O5S/c1-11-7-13(4-6-16(11)29-9-18(25)26)30(27,28)10-17-22-23-19(24(17)2)12-3-5-14(20)15(21)8-12/h3-8H,9-10H2,1-2H3,(H,25,26). The first-order chi connectivity index (χ1) is 14.1. The molecule has 2 aromatic carbocycles. The molecular formula is C19H17Cl2N3O5S. The van der Waals surface area contributed by atoms with Crippen LogP contribution in [0.15, 0.2) is 41.3 Å². The maximum Gasteiger partial charge on any atom is 0.341 e. The maximum absolute atomic E-state index is 12.9. The average Bonchev–Trinajstić information content (AvgIpc) is 3.02. The highest BCUT2D eigenvalue weighted by atomic mass is 35.5. The lowest BCUT2D eigenvalue weighted by Crippen LogP contribution is -2.12. The van der Waals surface area contributed by atoms with Crippen molar-refractivity contribution >= 4 is 39.0 Å². The van der Waals surface area contributed by atoms with E-state index in [2.05, 4.69) is 10.2 Å². The molecular weight excluding hydrogens is 453 g/mol. The summed E-state index contributed by atoms with van der Waals surface area (Å²) >= 11 is 12.0. The number of carboxylic acid groups (broad SMARTS) is 1. The number of carbonyl (C=O) groups is 1.